The zero-order chi connectivity index (χ0) is 12.0. The van der Waals surface area contributed by atoms with Gasteiger partial charge in [0.05, 0.1) is 6.21 Å². The SMILES string of the molecule is CC1(C)[C@H]2CC=C(/C=N\n3cn[nH]c3=S)[C@H]1C2. The monoisotopic (exact) mass is 248 g/mol. The summed E-state index contributed by atoms with van der Waals surface area (Å²) in [5, 5.41) is 10.9. The highest BCUT2D eigenvalue weighted by atomic mass is 32.1. The van der Waals surface area contributed by atoms with Gasteiger partial charge in [0, 0.05) is 0 Å². The smallest absolute Gasteiger partial charge is 0.216 e. The molecular formula is C12H16N4S. The Bertz CT molecular complexity index is 549. The molecule has 1 saturated carbocycles. The van der Waals surface area contributed by atoms with Crippen LogP contribution in [-0.4, -0.2) is 21.1 Å². The van der Waals surface area contributed by atoms with Crippen molar-refractivity contribution in [3.05, 3.63) is 22.7 Å². The van der Waals surface area contributed by atoms with Gasteiger partial charge >= 0.3 is 0 Å². The normalized spacial score (nSPS) is 30.1. The van der Waals surface area contributed by atoms with E-state index in [9.17, 15) is 0 Å². The average molecular weight is 248 g/mol. The summed E-state index contributed by atoms with van der Waals surface area (Å²) >= 11 is 5.05. The molecule has 0 aromatic carbocycles. The predicted octanol–water partition coefficient (Wildman–Crippen LogP) is 2.77. The molecule has 17 heavy (non-hydrogen) atoms. The van der Waals surface area contributed by atoms with E-state index >= 15 is 0 Å². The number of aromatic nitrogens is 3. The molecule has 2 atom stereocenters. The fourth-order valence-electron chi connectivity index (χ4n) is 3.00. The Morgan fingerprint density at radius 2 is 2.47 bits per heavy atom. The standard InChI is InChI=1S/C12H16N4S/c1-12(2)9-4-3-8(10(12)5-9)6-14-16-7-13-15-11(16)17/h3,6-7,9-10H,4-5H2,1-2H3,(H,15,17)/b14-6-/t9-,10+/m0/s1. The summed E-state index contributed by atoms with van der Waals surface area (Å²) in [6.07, 6.45) is 8.34. The van der Waals surface area contributed by atoms with Gasteiger partial charge in [0.25, 0.3) is 0 Å². The third-order valence-electron chi connectivity index (χ3n) is 4.38. The van der Waals surface area contributed by atoms with Gasteiger partial charge in [-0.25, -0.2) is 0 Å². The average Bonchev–Trinajstić information content (AvgIpc) is 2.72. The highest BCUT2D eigenvalue weighted by Gasteiger charge is 2.50. The van der Waals surface area contributed by atoms with Gasteiger partial charge in [-0.2, -0.15) is 14.9 Å². The van der Waals surface area contributed by atoms with Gasteiger partial charge in [-0.1, -0.05) is 19.9 Å². The molecule has 1 heterocycles. The van der Waals surface area contributed by atoms with E-state index in [0.717, 1.165) is 5.92 Å². The second kappa shape index (κ2) is 3.63. The molecule has 0 spiro atoms. The van der Waals surface area contributed by atoms with Crippen molar-refractivity contribution in [3.63, 3.8) is 0 Å². The summed E-state index contributed by atoms with van der Waals surface area (Å²) in [5.74, 6) is 1.52. The second-order valence-corrected chi connectivity index (χ2v) is 5.88. The maximum absolute atomic E-state index is 5.05. The fraction of sp³-hybridized carbons (Fsp3) is 0.583. The topological polar surface area (TPSA) is 46.0 Å². The first-order valence-corrected chi connectivity index (χ1v) is 6.36. The first-order chi connectivity index (χ1) is 8.09. The molecule has 1 fully saturated rings. The van der Waals surface area contributed by atoms with Gasteiger partial charge < -0.3 is 0 Å². The summed E-state index contributed by atoms with van der Waals surface area (Å²) in [6, 6.07) is 0. The van der Waals surface area contributed by atoms with Crippen LogP contribution in [0.25, 0.3) is 0 Å². The molecule has 0 unspecified atom stereocenters. The summed E-state index contributed by atoms with van der Waals surface area (Å²) in [6.45, 7) is 4.71. The van der Waals surface area contributed by atoms with Crippen LogP contribution in [0.3, 0.4) is 0 Å². The molecule has 1 N–H and O–H groups in total. The van der Waals surface area contributed by atoms with Crippen molar-refractivity contribution in [2.75, 3.05) is 0 Å². The molecule has 2 bridgehead atoms. The first kappa shape index (κ1) is 10.9. The van der Waals surface area contributed by atoms with Crippen molar-refractivity contribution in [2.45, 2.75) is 26.7 Å². The summed E-state index contributed by atoms with van der Waals surface area (Å²) < 4.78 is 2.12. The number of nitrogens with one attached hydrogen (secondary N) is 1. The number of hydrogen-bond donors (Lipinski definition) is 1. The van der Waals surface area contributed by atoms with E-state index in [1.54, 1.807) is 11.0 Å². The minimum Gasteiger partial charge on any atom is -0.250 e. The quantitative estimate of drug-likeness (QED) is 0.646. The lowest BCUT2D eigenvalue weighted by Crippen LogP contribution is -2.48. The molecule has 0 saturated heterocycles. The molecule has 1 aromatic rings. The molecule has 1 aromatic heterocycles. The van der Waals surface area contributed by atoms with Gasteiger partial charge in [-0.15, -0.1) is 0 Å². The third kappa shape index (κ3) is 1.60. The zero-order valence-corrected chi connectivity index (χ0v) is 10.9. The van der Waals surface area contributed by atoms with Crippen LogP contribution in [0.5, 0.6) is 0 Å². The van der Waals surface area contributed by atoms with E-state index in [2.05, 4.69) is 35.2 Å². The van der Waals surface area contributed by atoms with Crippen LogP contribution in [0, 0.1) is 22.0 Å². The number of fused-ring (bicyclic) bond motifs is 1. The summed E-state index contributed by atoms with van der Waals surface area (Å²) in [4.78, 5) is 0. The van der Waals surface area contributed by atoms with Crippen molar-refractivity contribution in [2.24, 2.45) is 22.4 Å². The molecule has 0 radical (unpaired) electrons. The van der Waals surface area contributed by atoms with E-state index in [-0.39, 0.29) is 0 Å². The Labute approximate surface area is 105 Å². The lowest BCUT2D eigenvalue weighted by Gasteiger charge is -2.55. The van der Waals surface area contributed by atoms with Gasteiger partial charge in [0.2, 0.25) is 4.77 Å². The van der Waals surface area contributed by atoms with E-state index < -0.39 is 0 Å². The number of H-pyrrole nitrogens is 1. The molecule has 0 amide bonds. The Balaban J connectivity index is 1.83. The van der Waals surface area contributed by atoms with Gasteiger partial charge in [-0.05, 0) is 47.9 Å². The van der Waals surface area contributed by atoms with Gasteiger partial charge in [0.15, 0.2) is 0 Å². The maximum atomic E-state index is 5.05. The maximum Gasteiger partial charge on any atom is 0.216 e. The Kier molecular flexibility index (Phi) is 2.33. The Morgan fingerprint density at radius 1 is 1.65 bits per heavy atom. The molecule has 4 nitrogen and oxygen atoms in total. The van der Waals surface area contributed by atoms with Crippen LogP contribution in [0.2, 0.25) is 0 Å². The van der Waals surface area contributed by atoms with Crippen LogP contribution in [0.4, 0.5) is 0 Å². The van der Waals surface area contributed by atoms with Crippen molar-refractivity contribution in [1.82, 2.24) is 14.9 Å². The third-order valence-corrected chi connectivity index (χ3v) is 4.66. The molecule has 5 heteroatoms. The molecule has 4 rings (SSSR count). The summed E-state index contributed by atoms with van der Waals surface area (Å²) in [7, 11) is 0. The number of hydrogen-bond acceptors (Lipinski definition) is 3. The van der Waals surface area contributed by atoms with Crippen molar-refractivity contribution in [3.8, 4) is 0 Å². The number of allylic oxidation sites excluding steroid dienone is 2. The minimum absolute atomic E-state index is 0.438. The molecule has 3 aliphatic carbocycles. The van der Waals surface area contributed by atoms with Crippen LogP contribution < -0.4 is 0 Å². The van der Waals surface area contributed by atoms with Gasteiger partial charge in [-0.3, -0.25) is 5.10 Å². The van der Waals surface area contributed by atoms with Crippen LogP contribution >= 0.6 is 12.2 Å². The highest BCUT2D eigenvalue weighted by molar-refractivity contribution is 7.71. The van der Waals surface area contributed by atoms with Crippen LogP contribution in [0.15, 0.2) is 23.1 Å². The number of nitrogens with zero attached hydrogens (tertiary/aromatic N) is 3. The van der Waals surface area contributed by atoms with Crippen LogP contribution in [0.1, 0.15) is 26.7 Å². The van der Waals surface area contributed by atoms with Gasteiger partial charge in [0.1, 0.15) is 6.33 Å². The van der Waals surface area contributed by atoms with Crippen molar-refractivity contribution < 1.29 is 0 Å². The van der Waals surface area contributed by atoms with E-state index in [1.165, 1.54) is 18.4 Å². The van der Waals surface area contributed by atoms with Crippen LogP contribution in [-0.2, 0) is 0 Å². The van der Waals surface area contributed by atoms with E-state index in [1.807, 2.05) is 6.21 Å². The molecule has 0 aliphatic heterocycles. The predicted molar refractivity (Wildman–Crippen MR) is 69.4 cm³/mol. The van der Waals surface area contributed by atoms with Crippen molar-refractivity contribution in [1.29, 1.82) is 0 Å². The fourth-order valence-corrected chi connectivity index (χ4v) is 3.15. The second-order valence-electron chi connectivity index (χ2n) is 5.50. The Hall–Kier alpha value is -1.23. The molecule has 3 aliphatic rings. The number of aromatic amines is 1. The van der Waals surface area contributed by atoms with E-state index in [4.69, 9.17) is 12.2 Å². The Morgan fingerprint density at radius 3 is 3.06 bits per heavy atom. The molecular weight excluding hydrogens is 232 g/mol. The van der Waals surface area contributed by atoms with Crippen molar-refractivity contribution >= 4 is 18.4 Å². The lowest BCUT2D eigenvalue weighted by molar-refractivity contribution is -0.00126. The zero-order valence-electron chi connectivity index (χ0n) is 10.1. The molecule has 90 valence electrons. The summed E-state index contributed by atoms with van der Waals surface area (Å²) in [5.41, 5.74) is 1.79. The lowest BCUT2D eigenvalue weighted by atomic mass is 9.49. The first-order valence-electron chi connectivity index (χ1n) is 5.95. The van der Waals surface area contributed by atoms with E-state index in [0.29, 0.717) is 16.1 Å². The largest absolute Gasteiger partial charge is 0.250 e. The minimum atomic E-state index is 0.438. The highest BCUT2D eigenvalue weighted by Crippen LogP contribution is 2.58. The number of rotatable bonds is 2.